The molecule has 118 valence electrons. The predicted octanol–water partition coefficient (Wildman–Crippen LogP) is 5.00. The van der Waals surface area contributed by atoms with Gasteiger partial charge in [0.05, 0.1) is 17.3 Å². The summed E-state index contributed by atoms with van der Waals surface area (Å²) in [6.45, 7) is 6.05. The van der Waals surface area contributed by atoms with Crippen LogP contribution < -0.4 is 10.6 Å². The van der Waals surface area contributed by atoms with Crippen molar-refractivity contribution in [1.82, 2.24) is 0 Å². The minimum Gasteiger partial charge on any atom is -0.466 e. The molecule has 0 aliphatic carbocycles. The zero-order chi connectivity index (χ0) is 16.2. The number of amides is 1. The Balaban J connectivity index is 1.87. The van der Waals surface area contributed by atoms with E-state index in [2.05, 4.69) is 26.6 Å². The standard InChI is InChI=1S/C16H19BrN2O3/c1-16(2,3)22-15(20)19-12-6-4-11(5-7-12)18-10-14-13(17)8-9-21-14/h4-9,18H,10H2,1-3H3,(H,19,20). The van der Waals surface area contributed by atoms with E-state index in [1.54, 1.807) is 6.26 Å². The van der Waals surface area contributed by atoms with Crippen LogP contribution in [0.1, 0.15) is 26.5 Å². The van der Waals surface area contributed by atoms with Crippen molar-refractivity contribution >= 4 is 33.4 Å². The highest BCUT2D eigenvalue weighted by atomic mass is 79.9. The first-order valence-electron chi connectivity index (χ1n) is 6.89. The highest BCUT2D eigenvalue weighted by Gasteiger charge is 2.16. The van der Waals surface area contributed by atoms with Gasteiger partial charge in [-0.3, -0.25) is 5.32 Å². The van der Waals surface area contributed by atoms with E-state index in [-0.39, 0.29) is 0 Å². The molecule has 0 saturated heterocycles. The van der Waals surface area contributed by atoms with Gasteiger partial charge in [-0.2, -0.15) is 0 Å². The van der Waals surface area contributed by atoms with E-state index in [0.717, 1.165) is 15.9 Å². The molecule has 0 radical (unpaired) electrons. The van der Waals surface area contributed by atoms with E-state index in [1.165, 1.54) is 0 Å². The van der Waals surface area contributed by atoms with Crippen LogP contribution in [0.15, 0.2) is 45.5 Å². The number of carbonyl (C=O) groups excluding carboxylic acids is 1. The lowest BCUT2D eigenvalue weighted by molar-refractivity contribution is 0.0636. The number of benzene rings is 1. The molecule has 1 aromatic carbocycles. The second-order valence-corrected chi connectivity index (χ2v) is 6.60. The fourth-order valence-corrected chi connectivity index (χ4v) is 2.07. The van der Waals surface area contributed by atoms with Gasteiger partial charge < -0.3 is 14.5 Å². The first-order valence-corrected chi connectivity index (χ1v) is 7.68. The quantitative estimate of drug-likeness (QED) is 0.798. The van der Waals surface area contributed by atoms with Crippen molar-refractivity contribution < 1.29 is 13.9 Å². The molecule has 0 spiro atoms. The molecule has 0 aliphatic heterocycles. The lowest BCUT2D eigenvalue weighted by Crippen LogP contribution is -2.27. The molecule has 5 nitrogen and oxygen atoms in total. The lowest BCUT2D eigenvalue weighted by atomic mass is 10.2. The van der Waals surface area contributed by atoms with E-state index in [9.17, 15) is 4.79 Å². The van der Waals surface area contributed by atoms with Crippen LogP contribution in [0.2, 0.25) is 0 Å². The molecule has 2 aromatic rings. The van der Waals surface area contributed by atoms with Crippen LogP contribution in [0, 0.1) is 0 Å². The normalized spacial score (nSPS) is 11.1. The Morgan fingerprint density at radius 1 is 1.18 bits per heavy atom. The molecule has 2 N–H and O–H groups in total. The number of furan rings is 1. The summed E-state index contributed by atoms with van der Waals surface area (Å²) >= 11 is 3.41. The van der Waals surface area contributed by atoms with Gasteiger partial charge in [0.25, 0.3) is 0 Å². The van der Waals surface area contributed by atoms with Crippen molar-refractivity contribution in [3.05, 3.63) is 46.8 Å². The van der Waals surface area contributed by atoms with E-state index in [0.29, 0.717) is 12.2 Å². The minimum absolute atomic E-state index is 0.465. The summed E-state index contributed by atoms with van der Waals surface area (Å²) in [4.78, 5) is 11.7. The number of rotatable bonds is 4. The van der Waals surface area contributed by atoms with Gasteiger partial charge in [0.2, 0.25) is 0 Å². The van der Waals surface area contributed by atoms with Crippen LogP contribution in [0.5, 0.6) is 0 Å². The first kappa shape index (κ1) is 16.4. The summed E-state index contributed by atoms with van der Waals surface area (Å²) in [5.74, 6) is 0.830. The van der Waals surface area contributed by atoms with Crippen LogP contribution in [0.25, 0.3) is 0 Å². The molecule has 22 heavy (non-hydrogen) atoms. The van der Waals surface area contributed by atoms with Gasteiger partial charge in [0, 0.05) is 11.4 Å². The lowest BCUT2D eigenvalue weighted by Gasteiger charge is -2.19. The average molecular weight is 367 g/mol. The van der Waals surface area contributed by atoms with Crippen molar-refractivity contribution in [2.24, 2.45) is 0 Å². The topological polar surface area (TPSA) is 63.5 Å². The van der Waals surface area contributed by atoms with E-state index in [4.69, 9.17) is 9.15 Å². The summed E-state index contributed by atoms with van der Waals surface area (Å²) in [5, 5.41) is 5.93. The van der Waals surface area contributed by atoms with Gasteiger partial charge in [-0.05, 0) is 67.0 Å². The number of carbonyl (C=O) groups is 1. The predicted molar refractivity (Wildman–Crippen MR) is 90.0 cm³/mol. The highest BCUT2D eigenvalue weighted by Crippen LogP contribution is 2.20. The zero-order valence-electron chi connectivity index (χ0n) is 12.8. The molecule has 1 amide bonds. The van der Waals surface area contributed by atoms with Gasteiger partial charge in [-0.25, -0.2) is 4.79 Å². The van der Waals surface area contributed by atoms with Gasteiger partial charge in [-0.1, -0.05) is 0 Å². The number of ether oxygens (including phenoxy) is 1. The Kier molecular flexibility index (Phi) is 5.13. The Morgan fingerprint density at radius 3 is 2.36 bits per heavy atom. The molecule has 1 heterocycles. The molecule has 0 bridgehead atoms. The summed E-state index contributed by atoms with van der Waals surface area (Å²) in [5.41, 5.74) is 1.10. The van der Waals surface area contributed by atoms with Crippen molar-refractivity contribution in [3.63, 3.8) is 0 Å². The summed E-state index contributed by atoms with van der Waals surface area (Å²) in [6, 6.07) is 9.23. The maximum atomic E-state index is 11.7. The molecule has 2 rings (SSSR count). The molecule has 0 aliphatic rings. The molecule has 0 fully saturated rings. The number of hydrogen-bond acceptors (Lipinski definition) is 4. The number of halogens is 1. The summed E-state index contributed by atoms with van der Waals surface area (Å²) in [7, 11) is 0. The third-order valence-corrected chi connectivity index (χ3v) is 3.38. The van der Waals surface area contributed by atoms with Crippen molar-refractivity contribution in [3.8, 4) is 0 Å². The number of nitrogens with one attached hydrogen (secondary N) is 2. The fraction of sp³-hybridized carbons (Fsp3) is 0.312. The third-order valence-electron chi connectivity index (χ3n) is 2.67. The average Bonchev–Trinajstić information content (AvgIpc) is 2.81. The third kappa shape index (κ3) is 5.11. The molecule has 0 unspecified atom stereocenters. The molecule has 6 heteroatoms. The Hall–Kier alpha value is -1.95. The molecular formula is C16H19BrN2O3. The fourth-order valence-electron chi connectivity index (χ4n) is 1.73. The smallest absolute Gasteiger partial charge is 0.412 e. The number of hydrogen-bond donors (Lipinski definition) is 2. The second kappa shape index (κ2) is 6.87. The van der Waals surface area contributed by atoms with Crippen molar-refractivity contribution in [2.75, 3.05) is 10.6 Å². The van der Waals surface area contributed by atoms with Crippen LogP contribution in [0.4, 0.5) is 16.2 Å². The van der Waals surface area contributed by atoms with Crippen LogP contribution in [0.3, 0.4) is 0 Å². The van der Waals surface area contributed by atoms with Crippen molar-refractivity contribution in [1.29, 1.82) is 0 Å². The highest BCUT2D eigenvalue weighted by molar-refractivity contribution is 9.10. The van der Waals surface area contributed by atoms with E-state index in [1.807, 2.05) is 51.1 Å². The Labute approximate surface area is 138 Å². The van der Waals surface area contributed by atoms with Crippen LogP contribution in [-0.2, 0) is 11.3 Å². The van der Waals surface area contributed by atoms with Gasteiger partial charge >= 0.3 is 6.09 Å². The Morgan fingerprint density at radius 2 is 1.82 bits per heavy atom. The molecule has 0 atom stereocenters. The second-order valence-electron chi connectivity index (χ2n) is 5.75. The maximum absolute atomic E-state index is 11.7. The Bertz CT molecular complexity index is 630. The first-order chi connectivity index (χ1) is 10.3. The van der Waals surface area contributed by atoms with E-state index >= 15 is 0 Å². The molecule has 1 aromatic heterocycles. The van der Waals surface area contributed by atoms with Crippen LogP contribution in [-0.4, -0.2) is 11.7 Å². The minimum atomic E-state index is -0.512. The molecule has 0 saturated carbocycles. The van der Waals surface area contributed by atoms with Gasteiger partial charge in [0.15, 0.2) is 0 Å². The van der Waals surface area contributed by atoms with Crippen LogP contribution >= 0.6 is 15.9 Å². The maximum Gasteiger partial charge on any atom is 0.412 e. The zero-order valence-corrected chi connectivity index (χ0v) is 14.4. The van der Waals surface area contributed by atoms with Gasteiger partial charge in [-0.15, -0.1) is 0 Å². The van der Waals surface area contributed by atoms with Gasteiger partial charge in [0.1, 0.15) is 11.4 Å². The van der Waals surface area contributed by atoms with E-state index < -0.39 is 11.7 Å². The summed E-state index contributed by atoms with van der Waals surface area (Å²) in [6.07, 6.45) is 1.17. The van der Waals surface area contributed by atoms with Crippen molar-refractivity contribution in [2.45, 2.75) is 32.9 Å². The molecular weight excluding hydrogens is 348 g/mol. The summed E-state index contributed by atoms with van der Waals surface area (Å²) < 4.78 is 11.5. The SMILES string of the molecule is CC(C)(C)OC(=O)Nc1ccc(NCc2occc2Br)cc1. The monoisotopic (exact) mass is 366 g/mol. The number of anilines is 2. The largest absolute Gasteiger partial charge is 0.466 e.